The van der Waals surface area contributed by atoms with Crippen LogP contribution in [-0.4, -0.2) is 28.9 Å². The van der Waals surface area contributed by atoms with E-state index in [-0.39, 0.29) is 23.2 Å². The number of halogens is 2. The highest BCUT2D eigenvalue weighted by Gasteiger charge is 2.48. The van der Waals surface area contributed by atoms with Crippen LogP contribution in [0.2, 0.25) is 0 Å². The molecule has 0 saturated heterocycles. The Bertz CT molecular complexity index is 1000. The number of carbonyl (C=O) groups excluding carboxylic acids is 1. The van der Waals surface area contributed by atoms with Crippen molar-refractivity contribution in [2.75, 3.05) is 18.2 Å². The molecule has 2 aromatic rings. The molecule has 0 radical (unpaired) electrons. The van der Waals surface area contributed by atoms with Gasteiger partial charge in [-0.1, -0.05) is 18.2 Å². The van der Waals surface area contributed by atoms with E-state index in [0.717, 1.165) is 30.9 Å². The lowest BCUT2D eigenvalue weighted by Crippen LogP contribution is -2.37. The molecule has 1 aliphatic heterocycles. The number of aromatic nitrogens is 1. The fourth-order valence-corrected chi connectivity index (χ4v) is 5.17. The number of nitrogens with one attached hydrogen (secondary N) is 1. The van der Waals surface area contributed by atoms with Crippen molar-refractivity contribution in [3.8, 4) is 5.75 Å². The molecular weight excluding hydrogens is 398 g/mol. The van der Waals surface area contributed by atoms with Gasteiger partial charge in [0.25, 0.3) is 5.91 Å². The molecule has 3 N–H and O–H groups in total. The molecule has 29 heavy (non-hydrogen) atoms. The minimum Gasteiger partial charge on any atom is -0.494 e. The third kappa shape index (κ3) is 3.55. The number of anilines is 1. The van der Waals surface area contributed by atoms with Gasteiger partial charge in [-0.15, -0.1) is 0 Å². The number of hydrogen-bond acceptors (Lipinski definition) is 6. The average molecular weight is 418 g/mol. The molecule has 0 bridgehead atoms. The first kappa shape index (κ1) is 19.6. The number of carbonyl (C=O) groups is 1. The number of hydrogen-bond donors (Lipinski definition) is 2. The Balaban J connectivity index is 1.68. The molecular formula is C20H20F2N4O2S. The number of thioether (sulfide) groups is 1. The Labute approximate surface area is 170 Å². The number of aliphatic imine (C=N–C) groups is 1. The fourth-order valence-electron chi connectivity index (χ4n) is 4.13. The molecule has 9 heteroatoms. The normalized spacial score (nSPS) is 23.3. The SMILES string of the molecule is COc1cc(F)cnc1C(=O)Nc1ccc(F)c([C@]23CCC[C@H]2CSC(N)=N3)c1. The topological polar surface area (TPSA) is 89.6 Å². The van der Waals surface area contributed by atoms with Crippen molar-refractivity contribution < 1.29 is 18.3 Å². The van der Waals surface area contributed by atoms with E-state index < -0.39 is 17.3 Å². The number of pyridine rings is 1. The number of nitrogens with zero attached hydrogens (tertiary/aromatic N) is 2. The van der Waals surface area contributed by atoms with Gasteiger partial charge in [0.15, 0.2) is 16.6 Å². The largest absolute Gasteiger partial charge is 0.494 e. The summed E-state index contributed by atoms with van der Waals surface area (Å²) in [6.07, 6.45) is 3.54. The van der Waals surface area contributed by atoms with Crippen molar-refractivity contribution in [3.63, 3.8) is 0 Å². The Kier molecular flexibility index (Phi) is 5.16. The number of ether oxygens (including phenoxy) is 1. The summed E-state index contributed by atoms with van der Waals surface area (Å²) in [6.45, 7) is 0. The summed E-state index contributed by atoms with van der Waals surface area (Å²) in [4.78, 5) is 21.1. The molecule has 2 heterocycles. The third-order valence-corrected chi connectivity index (χ3v) is 6.43. The lowest BCUT2D eigenvalue weighted by Gasteiger charge is -2.36. The maximum absolute atomic E-state index is 14.8. The van der Waals surface area contributed by atoms with Crippen molar-refractivity contribution in [1.29, 1.82) is 0 Å². The highest BCUT2D eigenvalue weighted by Crippen LogP contribution is 2.51. The number of fused-ring (bicyclic) bond motifs is 1. The number of amides is 1. The molecule has 2 aliphatic rings. The van der Waals surface area contributed by atoms with Gasteiger partial charge in [-0.05, 0) is 37.0 Å². The minimum atomic E-state index is -0.702. The van der Waals surface area contributed by atoms with Crippen LogP contribution in [0.3, 0.4) is 0 Å². The fraction of sp³-hybridized carbons (Fsp3) is 0.350. The number of methoxy groups -OCH3 is 1. The van der Waals surface area contributed by atoms with E-state index in [2.05, 4.69) is 15.3 Å². The molecule has 2 atom stereocenters. The third-order valence-electron chi connectivity index (χ3n) is 5.47. The predicted octanol–water partition coefficient (Wildman–Crippen LogP) is 3.68. The van der Waals surface area contributed by atoms with Crippen LogP contribution in [-0.2, 0) is 5.54 Å². The van der Waals surface area contributed by atoms with Gasteiger partial charge in [-0.25, -0.2) is 13.8 Å². The Hall–Kier alpha value is -2.68. The lowest BCUT2D eigenvalue weighted by molar-refractivity contribution is 0.101. The molecule has 6 nitrogen and oxygen atoms in total. The molecule has 1 aromatic heterocycles. The summed E-state index contributed by atoms with van der Waals surface area (Å²) >= 11 is 1.49. The monoisotopic (exact) mass is 418 g/mol. The van der Waals surface area contributed by atoms with Gasteiger partial charge in [0.05, 0.1) is 18.8 Å². The number of nitrogens with two attached hydrogens (primary N) is 1. The Morgan fingerprint density at radius 3 is 3.00 bits per heavy atom. The molecule has 1 aromatic carbocycles. The summed E-state index contributed by atoms with van der Waals surface area (Å²) in [7, 11) is 1.33. The van der Waals surface area contributed by atoms with Gasteiger partial charge in [-0.2, -0.15) is 0 Å². The molecule has 1 fully saturated rings. The summed E-state index contributed by atoms with van der Waals surface area (Å²) < 4.78 is 33.2. The van der Waals surface area contributed by atoms with Crippen molar-refractivity contribution >= 4 is 28.5 Å². The summed E-state index contributed by atoms with van der Waals surface area (Å²) in [5.74, 6) is -0.570. The molecule has 1 amide bonds. The summed E-state index contributed by atoms with van der Waals surface area (Å²) in [5.41, 5.74) is 6.03. The quantitative estimate of drug-likeness (QED) is 0.791. The zero-order valence-corrected chi connectivity index (χ0v) is 16.6. The predicted molar refractivity (Wildman–Crippen MR) is 108 cm³/mol. The van der Waals surface area contributed by atoms with E-state index in [1.165, 1.54) is 31.0 Å². The van der Waals surface area contributed by atoms with Crippen LogP contribution in [0, 0.1) is 17.6 Å². The van der Waals surface area contributed by atoms with Gasteiger partial charge in [0, 0.05) is 23.1 Å². The zero-order valence-electron chi connectivity index (χ0n) is 15.7. The highest BCUT2D eigenvalue weighted by molar-refractivity contribution is 8.13. The first-order chi connectivity index (χ1) is 13.9. The summed E-state index contributed by atoms with van der Waals surface area (Å²) in [5, 5.41) is 3.15. The van der Waals surface area contributed by atoms with Crippen LogP contribution in [0.5, 0.6) is 5.75 Å². The smallest absolute Gasteiger partial charge is 0.278 e. The van der Waals surface area contributed by atoms with E-state index in [1.54, 1.807) is 6.07 Å². The number of amidine groups is 1. The first-order valence-electron chi connectivity index (χ1n) is 9.22. The van der Waals surface area contributed by atoms with Crippen molar-refractivity contribution in [2.24, 2.45) is 16.6 Å². The second-order valence-electron chi connectivity index (χ2n) is 7.13. The average Bonchev–Trinajstić information content (AvgIpc) is 3.13. The maximum atomic E-state index is 14.8. The second-order valence-corrected chi connectivity index (χ2v) is 8.17. The first-order valence-corrected chi connectivity index (χ1v) is 10.2. The van der Waals surface area contributed by atoms with Crippen LogP contribution in [0.25, 0.3) is 0 Å². The van der Waals surface area contributed by atoms with Crippen LogP contribution < -0.4 is 15.8 Å². The van der Waals surface area contributed by atoms with Gasteiger partial charge in [0.2, 0.25) is 0 Å². The van der Waals surface area contributed by atoms with Gasteiger partial charge >= 0.3 is 0 Å². The van der Waals surface area contributed by atoms with Crippen LogP contribution in [0.1, 0.15) is 35.3 Å². The Morgan fingerprint density at radius 1 is 1.38 bits per heavy atom. The van der Waals surface area contributed by atoms with Crippen molar-refractivity contribution in [1.82, 2.24) is 4.98 Å². The molecule has 152 valence electrons. The van der Waals surface area contributed by atoms with E-state index in [9.17, 15) is 13.6 Å². The van der Waals surface area contributed by atoms with Crippen LogP contribution in [0.15, 0.2) is 35.5 Å². The molecule has 1 aliphatic carbocycles. The van der Waals surface area contributed by atoms with E-state index >= 15 is 0 Å². The molecule has 0 unspecified atom stereocenters. The minimum absolute atomic E-state index is 0.0148. The van der Waals surface area contributed by atoms with E-state index in [4.69, 9.17) is 10.5 Å². The lowest BCUT2D eigenvalue weighted by atomic mass is 9.81. The molecule has 0 spiro atoms. The van der Waals surface area contributed by atoms with Gasteiger partial charge in [0.1, 0.15) is 11.6 Å². The van der Waals surface area contributed by atoms with Crippen molar-refractivity contribution in [2.45, 2.75) is 24.8 Å². The Morgan fingerprint density at radius 2 is 2.21 bits per heavy atom. The van der Waals surface area contributed by atoms with Crippen molar-refractivity contribution in [3.05, 3.63) is 53.4 Å². The number of benzene rings is 1. The van der Waals surface area contributed by atoms with Gasteiger partial charge in [-0.3, -0.25) is 9.79 Å². The summed E-state index contributed by atoms with van der Waals surface area (Å²) in [6, 6.07) is 5.47. The van der Waals surface area contributed by atoms with Crippen LogP contribution >= 0.6 is 11.8 Å². The maximum Gasteiger partial charge on any atom is 0.278 e. The van der Waals surface area contributed by atoms with Crippen LogP contribution in [0.4, 0.5) is 14.5 Å². The second kappa shape index (κ2) is 7.62. The number of rotatable bonds is 4. The van der Waals surface area contributed by atoms with E-state index in [0.29, 0.717) is 22.8 Å². The molecule has 4 rings (SSSR count). The van der Waals surface area contributed by atoms with E-state index in [1.807, 2.05) is 0 Å². The zero-order chi connectivity index (χ0) is 20.6. The molecule has 1 saturated carbocycles. The van der Waals surface area contributed by atoms with Gasteiger partial charge < -0.3 is 15.8 Å². The highest BCUT2D eigenvalue weighted by atomic mass is 32.2. The standard InChI is InChI=1S/C20H20F2N4O2S/c1-28-16-7-12(21)9-24-17(16)18(27)25-13-4-5-15(22)14(8-13)20-6-2-3-11(20)10-29-19(23)26-20/h4-5,7-9,11H,2-3,6,10H2,1H3,(H2,23,26)(H,25,27)/t11-,20-/m0/s1.